The number of aromatic nitrogens is 2. The zero-order chi connectivity index (χ0) is 25.4. The number of piperidine rings is 2. The van der Waals surface area contributed by atoms with Crippen LogP contribution in [0.2, 0.25) is 0 Å². The van der Waals surface area contributed by atoms with Crippen molar-refractivity contribution < 1.29 is 19.0 Å². The molecule has 8 nitrogen and oxygen atoms in total. The van der Waals surface area contributed by atoms with Gasteiger partial charge in [0.1, 0.15) is 5.60 Å². The fourth-order valence-electron chi connectivity index (χ4n) is 6.01. The van der Waals surface area contributed by atoms with Crippen LogP contribution in [0, 0.1) is 10.5 Å². The van der Waals surface area contributed by atoms with Crippen LogP contribution in [0.4, 0.5) is 10.6 Å². The number of rotatable bonds is 6. The maximum atomic E-state index is 12.5. The molecule has 0 aromatic carbocycles. The number of hydrogen-bond donors (Lipinski definition) is 0. The molecule has 1 spiro atoms. The maximum Gasteiger partial charge on any atom is 0.410 e. The van der Waals surface area contributed by atoms with Gasteiger partial charge in [-0.3, -0.25) is 4.68 Å². The van der Waals surface area contributed by atoms with Crippen LogP contribution in [0.1, 0.15) is 91.3 Å². The molecule has 1 aromatic heterocycles. The van der Waals surface area contributed by atoms with E-state index in [0.717, 1.165) is 50.9 Å². The lowest BCUT2D eigenvalue weighted by molar-refractivity contribution is -0.258. The van der Waals surface area contributed by atoms with Gasteiger partial charge in [0.2, 0.25) is 0 Å². The standard InChI is InChI=1S/C26H43IN4O4/c1-7-33-26(34-8-2)14-17-30(25(18-26)12-9-13-25)22-21(27)19(3)31(28-22)20-10-15-29(16-11-20)23(32)35-24(4,5)6/h20H,7-18H2,1-6H3. The number of ether oxygens (including phenoxy) is 3. The lowest BCUT2D eigenvalue weighted by atomic mass is 9.68. The van der Waals surface area contributed by atoms with E-state index >= 15 is 0 Å². The second-order valence-electron chi connectivity index (χ2n) is 11.3. The van der Waals surface area contributed by atoms with E-state index in [9.17, 15) is 4.79 Å². The van der Waals surface area contributed by atoms with Crippen molar-refractivity contribution in [3.63, 3.8) is 0 Å². The van der Waals surface area contributed by atoms with E-state index in [1.165, 1.54) is 15.7 Å². The second-order valence-corrected chi connectivity index (χ2v) is 12.4. The number of anilines is 1. The molecule has 3 aliphatic rings. The minimum atomic E-state index is -0.474. The number of likely N-dealkylation sites (tertiary alicyclic amines) is 1. The molecule has 0 bridgehead atoms. The van der Waals surface area contributed by atoms with Crippen molar-refractivity contribution in [2.24, 2.45) is 0 Å². The van der Waals surface area contributed by atoms with E-state index < -0.39 is 11.4 Å². The van der Waals surface area contributed by atoms with Crippen molar-refractivity contribution in [3.8, 4) is 0 Å². The van der Waals surface area contributed by atoms with Crippen LogP contribution >= 0.6 is 22.6 Å². The number of amides is 1. The molecule has 9 heteroatoms. The highest BCUT2D eigenvalue weighted by molar-refractivity contribution is 14.1. The summed E-state index contributed by atoms with van der Waals surface area (Å²) < 4.78 is 21.5. The first kappa shape index (κ1) is 27.0. The van der Waals surface area contributed by atoms with Gasteiger partial charge in [-0.2, -0.15) is 5.10 Å². The molecular weight excluding hydrogens is 559 g/mol. The Hall–Kier alpha value is -1.07. The third kappa shape index (κ3) is 5.46. The quantitative estimate of drug-likeness (QED) is 0.309. The number of carbonyl (C=O) groups is 1. The first-order valence-corrected chi connectivity index (χ1v) is 14.4. The second kappa shape index (κ2) is 10.4. The average molecular weight is 603 g/mol. The van der Waals surface area contributed by atoms with Gasteiger partial charge < -0.3 is 24.0 Å². The first-order valence-electron chi connectivity index (χ1n) is 13.3. The van der Waals surface area contributed by atoms with Gasteiger partial charge in [-0.15, -0.1) is 0 Å². The molecule has 1 aromatic rings. The molecule has 1 amide bonds. The third-order valence-corrected chi connectivity index (χ3v) is 9.03. The minimum Gasteiger partial charge on any atom is -0.444 e. The summed E-state index contributed by atoms with van der Waals surface area (Å²) in [6.45, 7) is 15.7. The SMILES string of the molecule is CCOC1(OCC)CCN(c2nn(C3CCN(C(=O)OC(C)(C)C)CC3)c(C)c2I)C2(CCC2)C1. The molecule has 1 saturated carbocycles. The molecule has 0 radical (unpaired) electrons. The summed E-state index contributed by atoms with van der Waals surface area (Å²) in [5, 5.41) is 5.22. The highest BCUT2D eigenvalue weighted by Gasteiger charge is 2.54. The van der Waals surface area contributed by atoms with Gasteiger partial charge in [-0.25, -0.2) is 4.79 Å². The van der Waals surface area contributed by atoms with Gasteiger partial charge in [0.05, 0.1) is 15.3 Å². The number of halogens is 1. The Kier molecular flexibility index (Phi) is 7.98. The summed E-state index contributed by atoms with van der Waals surface area (Å²) in [5.41, 5.74) is 0.816. The Morgan fingerprint density at radius 3 is 2.23 bits per heavy atom. The average Bonchev–Trinajstić information content (AvgIpc) is 3.06. The van der Waals surface area contributed by atoms with Crippen molar-refractivity contribution in [2.75, 3.05) is 37.7 Å². The number of hydrogen-bond acceptors (Lipinski definition) is 6. The molecule has 35 heavy (non-hydrogen) atoms. The van der Waals surface area contributed by atoms with Gasteiger partial charge >= 0.3 is 6.09 Å². The van der Waals surface area contributed by atoms with E-state index in [0.29, 0.717) is 32.3 Å². The topological polar surface area (TPSA) is 69.1 Å². The molecule has 198 valence electrons. The first-order chi connectivity index (χ1) is 16.5. The maximum absolute atomic E-state index is 12.5. The van der Waals surface area contributed by atoms with Gasteiger partial charge in [-0.05, 0) is 96.2 Å². The zero-order valence-electron chi connectivity index (χ0n) is 22.4. The molecule has 0 atom stereocenters. The monoisotopic (exact) mass is 602 g/mol. The van der Waals surface area contributed by atoms with Gasteiger partial charge in [0.15, 0.2) is 11.6 Å². The van der Waals surface area contributed by atoms with Crippen molar-refractivity contribution in [3.05, 3.63) is 9.26 Å². The van der Waals surface area contributed by atoms with Crippen LogP contribution in [0.5, 0.6) is 0 Å². The molecule has 1 aliphatic carbocycles. The highest BCUT2D eigenvalue weighted by atomic mass is 127. The van der Waals surface area contributed by atoms with E-state index in [2.05, 4.69) is 52.9 Å². The van der Waals surface area contributed by atoms with Gasteiger partial charge in [-0.1, -0.05) is 0 Å². The van der Waals surface area contributed by atoms with E-state index in [-0.39, 0.29) is 11.6 Å². The lowest BCUT2D eigenvalue weighted by Crippen LogP contribution is -2.64. The Morgan fingerprint density at radius 2 is 1.71 bits per heavy atom. The predicted molar refractivity (Wildman–Crippen MR) is 145 cm³/mol. The Labute approximate surface area is 224 Å². The molecule has 0 N–H and O–H groups in total. The third-order valence-electron chi connectivity index (χ3n) is 7.76. The minimum absolute atomic E-state index is 0.0637. The van der Waals surface area contributed by atoms with Crippen LogP contribution in [-0.4, -0.2) is 70.5 Å². The normalized spacial score (nSPS) is 22.4. The van der Waals surface area contributed by atoms with E-state index in [1.807, 2.05) is 25.7 Å². The molecule has 0 unspecified atom stereocenters. The molecule has 2 saturated heterocycles. The zero-order valence-corrected chi connectivity index (χ0v) is 24.5. The summed E-state index contributed by atoms with van der Waals surface area (Å²) >= 11 is 2.48. The van der Waals surface area contributed by atoms with Crippen molar-refractivity contribution in [1.29, 1.82) is 0 Å². The van der Waals surface area contributed by atoms with Gasteiger partial charge in [0, 0.05) is 51.2 Å². The lowest BCUT2D eigenvalue weighted by Gasteiger charge is -2.58. The van der Waals surface area contributed by atoms with Crippen LogP contribution in [-0.2, 0) is 14.2 Å². The summed E-state index contributed by atoms with van der Waals surface area (Å²) in [6.07, 6.45) is 6.88. The Morgan fingerprint density at radius 1 is 1.09 bits per heavy atom. The largest absolute Gasteiger partial charge is 0.444 e. The molecular formula is C26H43IN4O4. The summed E-state index contributed by atoms with van der Waals surface area (Å²) in [6, 6.07) is 0.295. The highest BCUT2D eigenvalue weighted by Crippen LogP contribution is 2.51. The van der Waals surface area contributed by atoms with Crippen LogP contribution in [0.25, 0.3) is 0 Å². The van der Waals surface area contributed by atoms with E-state index in [1.54, 1.807) is 0 Å². The van der Waals surface area contributed by atoms with Crippen molar-refractivity contribution in [1.82, 2.24) is 14.7 Å². The van der Waals surface area contributed by atoms with Crippen molar-refractivity contribution in [2.45, 2.75) is 109 Å². The smallest absolute Gasteiger partial charge is 0.410 e. The summed E-state index contributed by atoms with van der Waals surface area (Å²) in [5.74, 6) is 0.636. The number of nitrogens with zero attached hydrogens (tertiary/aromatic N) is 4. The number of carbonyl (C=O) groups excluding carboxylic acids is 1. The van der Waals surface area contributed by atoms with E-state index in [4.69, 9.17) is 19.3 Å². The molecule has 4 rings (SSSR count). The fourth-order valence-corrected chi connectivity index (χ4v) is 6.66. The Balaban J connectivity index is 1.50. The van der Waals surface area contributed by atoms with Gasteiger partial charge in [0.25, 0.3) is 0 Å². The van der Waals surface area contributed by atoms with Crippen LogP contribution in [0.3, 0.4) is 0 Å². The fraction of sp³-hybridized carbons (Fsp3) is 0.846. The molecule has 3 fully saturated rings. The molecule has 2 aliphatic heterocycles. The van der Waals surface area contributed by atoms with Crippen molar-refractivity contribution >= 4 is 34.5 Å². The summed E-state index contributed by atoms with van der Waals surface area (Å²) in [7, 11) is 0. The van der Waals surface area contributed by atoms with Crippen LogP contribution < -0.4 is 4.90 Å². The molecule has 3 heterocycles. The van der Waals surface area contributed by atoms with Crippen LogP contribution in [0.15, 0.2) is 0 Å². The Bertz CT molecular complexity index is 894. The summed E-state index contributed by atoms with van der Waals surface area (Å²) in [4.78, 5) is 16.9. The predicted octanol–water partition coefficient (Wildman–Crippen LogP) is 5.66.